The molecular weight excluding hydrogens is 456 g/mol. The fraction of sp³-hybridized carbons (Fsp3) is 0.367. The fourth-order valence-electron chi connectivity index (χ4n) is 5.46. The van der Waals surface area contributed by atoms with Gasteiger partial charge < -0.3 is 24.1 Å². The maximum absolute atomic E-state index is 11.3. The molecule has 0 aromatic heterocycles. The van der Waals surface area contributed by atoms with Crippen molar-refractivity contribution in [1.82, 2.24) is 0 Å². The molecule has 0 amide bonds. The largest absolute Gasteiger partial charge is 0.493 e. The Morgan fingerprint density at radius 2 is 1.81 bits per heavy atom. The van der Waals surface area contributed by atoms with Gasteiger partial charge in [-0.15, -0.1) is 0 Å². The number of ether oxygens (including phenoxy) is 4. The highest BCUT2D eigenvalue weighted by molar-refractivity contribution is 5.79. The Morgan fingerprint density at radius 1 is 1.03 bits per heavy atom. The molecule has 3 atom stereocenters. The summed E-state index contributed by atoms with van der Waals surface area (Å²) in [5.74, 6) is 1.11. The predicted molar refractivity (Wildman–Crippen MR) is 135 cm³/mol. The van der Waals surface area contributed by atoms with E-state index in [0.717, 1.165) is 41.4 Å². The number of benzene rings is 3. The van der Waals surface area contributed by atoms with Gasteiger partial charge in [-0.1, -0.05) is 31.2 Å². The Labute approximate surface area is 210 Å². The number of carboxylic acids is 1. The summed E-state index contributed by atoms with van der Waals surface area (Å²) in [5, 5.41) is 9.25. The van der Waals surface area contributed by atoms with Crippen molar-refractivity contribution in [2.45, 2.75) is 39.4 Å². The lowest BCUT2D eigenvalue weighted by atomic mass is 9.90. The summed E-state index contributed by atoms with van der Waals surface area (Å²) in [6.07, 6.45) is -0.233. The number of carboxylic acid groups (broad SMARTS) is 1. The van der Waals surface area contributed by atoms with E-state index >= 15 is 0 Å². The molecule has 3 aromatic carbocycles. The van der Waals surface area contributed by atoms with E-state index < -0.39 is 11.9 Å². The van der Waals surface area contributed by atoms with Crippen molar-refractivity contribution in [3.8, 4) is 28.4 Å². The zero-order valence-corrected chi connectivity index (χ0v) is 20.7. The lowest BCUT2D eigenvalue weighted by Gasteiger charge is -2.37. The normalized spacial score (nSPS) is 22.6. The van der Waals surface area contributed by atoms with Gasteiger partial charge in [0.05, 0.1) is 19.8 Å². The average molecular weight is 487 g/mol. The summed E-state index contributed by atoms with van der Waals surface area (Å²) in [6, 6.07) is 18.3. The number of aliphatic carboxylic acids is 1. The first-order valence-corrected chi connectivity index (χ1v) is 12.4. The van der Waals surface area contributed by atoms with Crippen LogP contribution in [0.2, 0.25) is 0 Å². The van der Waals surface area contributed by atoms with Crippen molar-refractivity contribution in [2.75, 3.05) is 19.8 Å². The summed E-state index contributed by atoms with van der Waals surface area (Å²) in [5.41, 5.74) is 6.85. The van der Waals surface area contributed by atoms with Gasteiger partial charge in [0.25, 0.3) is 0 Å². The van der Waals surface area contributed by atoms with Crippen LogP contribution in [0.3, 0.4) is 0 Å². The Kier molecular flexibility index (Phi) is 5.45. The monoisotopic (exact) mass is 486 g/mol. The van der Waals surface area contributed by atoms with E-state index in [-0.39, 0.29) is 17.4 Å². The first-order valence-electron chi connectivity index (χ1n) is 12.4. The topological polar surface area (TPSA) is 74.2 Å². The molecule has 3 aromatic rings. The molecule has 3 aliphatic rings. The first-order chi connectivity index (χ1) is 17.3. The Hall–Kier alpha value is -3.51. The van der Waals surface area contributed by atoms with Gasteiger partial charge in [-0.25, -0.2) is 0 Å². The third kappa shape index (κ3) is 4.09. The van der Waals surface area contributed by atoms with Gasteiger partial charge in [-0.05, 0) is 65.9 Å². The van der Waals surface area contributed by atoms with Gasteiger partial charge in [0.1, 0.15) is 35.9 Å². The lowest BCUT2D eigenvalue weighted by molar-refractivity contribution is -0.139. The molecule has 0 unspecified atom stereocenters. The van der Waals surface area contributed by atoms with E-state index in [1.807, 2.05) is 18.2 Å². The molecule has 186 valence electrons. The van der Waals surface area contributed by atoms with Crippen molar-refractivity contribution < 1.29 is 28.8 Å². The van der Waals surface area contributed by atoms with E-state index in [1.54, 1.807) is 0 Å². The van der Waals surface area contributed by atoms with Crippen LogP contribution in [0.4, 0.5) is 0 Å². The second kappa shape index (κ2) is 8.56. The second-order valence-electron chi connectivity index (χ2n) is 10.7. The molecule has 6 nitrogen and oxygen atoms in total. The molecule has 2 fully saturated rings. The van der Waals surface area contributed by atoms with E-state index in [4.69, 9.17) is 18.9 Å². The number of hydrogen-bond acceptors (Lipinski definition) is 5. The van der Waals surface area contributed by atoms with Gasteiger partial charge in [-0.2, -0.15) is 0 Å². The number of hydrogen-bond donors (Lipinski definition) is 1. The highest BCUT2D eigenvalue weighted by Crippen LogP contribution is 2.58. The van der Waals surface area contributed by atoms with Crippen LogP contribution in [-0.2, 0) is 16.1 Å². The van der Waals surface area contributed by atoms with Crippen LogP contribution >= 0.6 is 0 Å². The highest BCUT2D eigenvalue weighted by Gasteiger charge is 2.63. The van der Waals surface area contributed by atoms with Crippen LogP contribution in [0.15, 0.2) is 54.6 Å². The van der Waals surface area contributed by atoms with E-state index in [1.165, 1.54) is 16.7 Å². The molecular formula is C30H30O6. The molecule has 1 saturated heterocycles. The van der Waals surface area contributed by atoms with Crippen LogP contribution in [0.5, 0.6) is 17.2 Å². The van der Waals surface area contributed by atoms with E-state index in [9.17, 15) is 9.90 Å². The third-order valence-corrected chi connectivity index (χ3v) is 7.46. The molecule has 0 spiro atoms. The molecule has 6 rings (SSSR count). The quantitative estimate of drug-likeness (QED) is 0.452. The summed E-state index contributed by atoms with van der Waals surface area (Å²) >= 11 is 0. The minimum absolute atomic E-state index is 0.0261. The highest BCUT2D eigenvalue weighted by atomic mass is 16.5. The second-order valence-corrected chi connectivity index (χ2v) is 10.7. The fourth-order valence-corrected chi connectivity index (χ4v) is 5.46. The molecule has 36 heavy (non-hydrogen) atoms. The maximum atomic E-state index is 11.3. The Balaban J connectivity index is 1.13. The number of carbonyl (C=O) groups is 1. The summed E-state index contributed by atoms with van der Waals surface area (Å²) in [6.45, 7) is 9.02. The predicted octanol–water partition coefficient (Wildman–Crippen LogP) is 5.52. The number of rotatable bonds is 8. The zero-order chi connectivity index (χ0) is 25.0. The smallest absolute Gasteiger partial charge is 0.311 e. The van der Waals surface area contributed by atoms with Crippen molar-refractivity contribution in [2.24, 2.45) is 11.3 Å². The van der Waals surface area contributed by atoms with Gasteiger partial charge in [0.2, 0.25) is 0 Å². The molecule has 0 radical (unpaired) electrons. The van der Waals surface area contributed by atoms with Crippen molar-refractivity contribution in [1.29, 1.82) is 0 Å². The molecule has 1 N–H and O–H groups in total. The van der Waals surface area contributed by atoms with E-state index in [2.05, 4.69) is 57.2 Å². The summed E-state index contributed by atoms with van der Waals surface area (Å²) < 4.78 is 23.3. The Morgan fingerprint density at radius 3 is 2.50 bits per heavy atom. The van der Waals surface area contributed by atoms with Crippen LogP contribution in [0.25, 0.3) is 11.1 Å². The number of fused-ring (bicyclic) bond motifs is 3. The number of aryl methyl sites for hydroxylation is 2. The van der Waals surface area contributed by atoms with Gasteiger partial charge in [0.15, 0.2) is 0 Å². The summed E-state index contributed by atoms with van der Waals surface area (Å²) in [4.78, 5) is 11.3. The standard InChI is InChI=1S/C30H30O6/c1-17-9-22(35-16-30(3)14-33-15-30)10-18(2)25(17)20-6-4-5-19(11-20)13-34-21-7-8-23-24(12-21)36-28-26(23)27(28)29(31)32/h4-12,26-28H,13-16H2,1-3H3,(H,31,32)/t26-,27-,28-/m1/s1. The molecule has 2 aliphatic heterocycles. The van der Waals surface area contributed by atoms with Gasteiger partial charge in [0, 0.05) is 23.0 Å². The Bertz CT molecular complexity index is 1320. The molecule has 6 heteroatoms. The maximum Gasteiger partial charge on any atom is 0.311 e. The molecule has 1 aliphatic carbocycles. The molecule has 0 bridgehead atoms. The van der Waals surface area contributed by atoms with Crippen LogP contribution in [-0.4, -0.2) is 37.0 Å². The zero-order valence-electron chi connectivity index (χ0n) is 20.7. The SMILES string of the molecule is Cc1cc(OCC2(C)COC2)cc(C)c1-c1cccc(COc2ccc3c(c2)O[C@H]2[C@H](C(=O)O)[C@@H]32)c1. The van der Waals surface area contributed by atoms with Gasteiger partial charge in [-0.3, -0.25) is 4.79 Å². The minimum Gasteiger partial charge on any atom is -0.493 e. The van der Waals surface area contributed by atoms with Crippen molar-refractivity contribution in [3.05, 3.63) is 76.9 Å². The first kappa shape index (κ1) is 22.9. The van der Waals surface area contributed by atoms with Crippen molar-refractivity contribution >= 4 is 5.97 Å². The molecule has 2 heterocycles. The minimum atomic E-state index is -0.790. The summed E-state index contributed by atoms with van der Waals surface area (Å²) in [7, 11) is 0. The average Bonchev–Trinajstić information content (AvgIpc) is 3.42. The van der Waals surface area contributed by atoms with Crippen molar-refractivity contribution in [3.63, 3.8) is 0 Å². The third-order valence-electron chi connectivity index (χ3n) is 7.46. The van der Waals surface area contributed by atoms with E-state index in [0.29, 0.717) is 19.0 Å². The molecule has 1 saturated carbocycles. The van der Waals surface area contributed by atoms with Crippen LogP contribution in [0.1, 0.15) is 35.1 Å². The van der Waals surface area contributed by atoms with Gasteiger partial charge >= 0.3 is 5.97 Å². The van der Waals surface area contributed by atoms with Crippen LogP contribution < -0.4 is 14.2 Å². The lowest BCUT2D eigenvalue weighted by Crippen LogP contribution is -2.44. The van der Waals surface area contributed by atoms with Crippen LogP contribution in [0, 0.1) is 25.2 Å².